The molecule has 3 nitrogen and oxygen atoms in total. The van der Waals surface area contributed by atoms with Crippen LogP contribution < -0.4 is 5.73 Å². The van der Waals surface area contributed by atoms with Gasteiger partial charge in [0.15, 0.2) is 0 Å². The van der Waals surface area contributed by atoms with Gasteiger partial charge in [-0.1, -0.05) is 13.8 Å². The summed E-state index contributed by atoms with van der Waals surface area (Å²) >= 11 is 0. The molecule has 0 aliphatic heterocycles. The molecular weight excluding hydrogens is 200 g/mol. The Balaban J connectivity index is 2.30. The highest BCUT2D eigenvalue weighted by Crippen LogP contribution is 2.38. The van der Waals surface area contributed by atoms with Gasteiger partial charge in [-0.3, -0.25) is 4.90 Å². The molecule has 0 aromatic heterocycles. The minimum atomic E-state index is 0.248. The van der Waals surface area contributed by atoms with E-state index in [1.54, 1.807) is 0 Å². The summed E-state index contributed by atoms with van der Waals surface area (Å²) in [5, 5.41) is 8.99. The van der Waals surface area contributed by atoms with Crippen LogP contribution in [0.4, 0.5) is 0 Å². The summed E-state index contributed by atoms with van der Waals surface area (Å²) in [6.45, 7) is 8.49. The van der Waals surface area contributed by atoms with Gasteiger partial charge >= 0.3 is 0 Å². The van der Waals surface area contributed by atoms with Gasteiger partial charge in [-0.15, -0.1) is 0 Å². The maximum atomic E-state index is 8.99. The topological polar surface area (TPSA) is 49.5 Å². The zero-order valence-electron chi connectivity index (χ0n) is 10.9. The fourth-order valence-electron chi connectivity index (χ4n) is 2.63. The van der Waals surface area contributed by atoms with Gasteiger partial charge in [0.2, 0.25) is 0 Å². The zero-order valence-corrected chi connectivity index (χ0v) is 10.9. The second kappa shape index (κ2) is 6.58. The summed E-state index contributed by atoms with van der Waals surface area (Å²) in [6.07, 6.45) is 5.35. The lowest BCUT2D eigenvalue weighted by atomic mass is 9.73. The molecule has 0 spiro atoms. The van der Waals surface area contributed by atoms with E-state index in [0.29, 0.717) is 12.0 Å². The van der Waals surface area contributed by atoms with E-state index in [2.05, 4.69) is 18.7 Å². The van der Waals surface area contributed by atoms with Crippen molar-refractivity contribution in [3.05, 3.63) is 0 Å². The smallest absolute Gasteiger partial charge is 0.0558 e. The maximum Gasteiger partial charge on any atom is 0.0558 e. The molecule has 0 amide bonds. The molecular formula is C13H28N2O. The van der Waals surface area contributed by atoms with Crippen molar-refractivity contribution < 1.29 is 5.11 Å². The van der Waals surface area contributed by atoms with E-state index in [4.69, 9.17) is 10.8 Å². The van der Waals surface area contributed by atoms with Crippen molar-refractivity contribution in [1.82, 2.24) is 4.90 Å². The average Bonchev–Trinajstić information content (AvgIpc) is 2.22. The molecule has 0 aromatic carbocycles. The number of aliphatic hydroxyl groups is 1. The SMILES string of the molecule is CC1(C)CCC(CN(CCN)CCO)CC1. The lowest BCUT2D eigenvalue weighted by molar-refractivity contribution is 0.130. The van der Waals surface area contributed by atoms with Crippen molar-refractivity contribution in [2.45, 2.75) is 39.5 Å². The average molecular weight is 228 g/mol. The van der Waals surface area contributed by atoms with Crippen LogP contribution >= 0.6 is 0 Å². The Bertz CT molecular complexity index is 178. The fourth-order valence-corrected chi connectivity index (χ4v) is 2.63. The van der Waals surface area contributed by atoms with Crippen LogP contribution in [0.5, 0.6) is 0 Å². The van der Waals surface area contributed by atoms with Gasteiger partial charge in [-0.05, 0) is 37.0 Å². The standard InChI is InChI=1S/C13H28N2O/c1-13(2)5-3-12(4-6-13)11-15(8-7-14)9-10-16/h12,16H,3-11,14H2,1-2H3. The van der Waals surface area contributed by atoms with Gasteiger partial charge in [-0.25, -0.2) is 0 Å². The molecule has 1 fully saturated rings. The Morgan fingerprint density at radius 3 is 2.38 bits per heavy atom. The van der Waals surface area contributed by atoms with Crippen molar-refractivity contribution in [2.75, 3.05) is 32.8 Å². The molecule has 3 heteroatoms. The van der Waals surface area contributed by atoms with Crippen molar-refractivity contribution in [3.8, 4) is 0 Å². The number of hydrogen-bond acceptors (Lipinski definition) is 3. The quantitative estimate of drug-likeness (QED) is 0.723. The first-order chi connectivity index (χ1) is 7.57. The number of aliphatic hydroxyl groups excluding tert-OH is 1. The zero-order chi connectivity index (χ0) is 12.0. The third-order valence-corrected chi connectivity index (χ3v) is 3.84. The Morgan fingerprint density at radius 2 is 1.88 bits per heavy atom. The molecule has 1 aliphatic rings. The molecule has 1 rings (SSSR count). The molecule has 0 aromatic rings. The van der Waals surface area contributed by atoms with Crippen molar-refractivity contribution in [2.24, 2.45) is 17.1 Å². The monoisotopic (exact) mass is 228 g/mol. The van der Waals surface area contributed by atoms with E-state index >= 15 is 0 Å². The van der Waals surface area contributed by atoms with E-state index in [0.717, 1.165) is 25.6 Å². The second-order valence-electron chi connectivity index (χ2n) is 5.92. The molecule has 16 heavy (non-hydrogen) atoms. The summed E-state index contributed by atoms with van der Waals surface area (Å²) in [7, 11) is 0. The second-order valence-corrected chi connectivity index (χ2v) is 5.92. The predicted octanol–water partition coefficient (Wildman–Crippen LogP) is 1.46. The Kier molecular flexibility index (Phi) is 5.73. The molecule has 0 bridgehead atoms. The van der Waals surface area contributed by atoms with E-state index in [9.17, 15) is 0 Å². The lowest BCUT2D eigenvalue weighted by Gasteiger charge is -2.36. The van der Waals surface area contributed by atoms with Crippen LogP contribution in [0.1, 0.15) is 39.5 Å². The number of nitrogens with zero attached hydrogens (tertiary/aromatic N) is 1. The predicted molar refractivity (Wildman–Crippen MR) is 68.3 cm³/mol. The summed E-state index contributed by atoms with van der Waals surface area (Å²) in [5.41, 5.74) is 6.13. The van der Waals surface area contributed by atoms with E-state index in [-0.39, 0.29) is 6.61 Å². The number of nitrogens with two attached hydrogens (primary N) is 1. The van der Waals surface area contributed by atoms with E-state index in [1.807, 2.05) is 0 Å². The van der Waals surface area contributed by atoms with Crippen LogP contribution in [0.25, 0.3) is 0 Å². The van der Waals surface area contributed by atoms with Crippen LogP contribution in [-0.4, -0.2) is 42.8 Å². The summed E-state index contributed by atoms with van der Waals surface area (Å²) < 4.78 is 0. The van der Waals surface area contributed by atoms with Gasteiger partial charge in [0.05, 0.1) is 6.61 Å². The first kappa shape index (κ1) is 13.9. The normalized spacial score (nSPS) is 21.6. The first-order valence-electron chi connectivity index (χ1n) is 6.61. The van der Waals surface area contributed by atoms with Crippen molar-refractivity contribution in [3.63, 3.8) is 0 Å². The molecule has 0 radical (unpaired) electrons. The molecule has 1 aliphatic carbocycles. The number of rotatable bonds is 6. The lowest BCUT2D eigenvalue weighted by Crippen LogP contribution is -2.37. The van der Waals surface area contributed by atoms with Gasteiger partial charge in [0.1, 0.15) is 0 Å². The van der Waals surface area contributed by atoms with Crippen LogP contribution in [0.15, 0.2) is 0 Å². The third kappa shape index (κ3) is 4.81. The first-order valence-corrected chi connectivity index (χ1v) is 6.61. The summed E-state index contributed by atoms with van der Waals surface area (Å²) in [5.74, 6) is 0.811. The van der Waals surface area contributed by atoms with Crippen molar-refractivity contribution >= 4 is 0 Å². The van der Waals surface area contributed by atoms with Crippen LogP contribution in [0.3, 0.4) is 0 Å². The molecule has 0 saturated heterocycles. The van der Waals surface area contributed by atoms with Crippen molar-refractivity contribution in [1.29, 1.82) is 0 Å². The van der Waals surface area contributed by atoms with Gasteiger partial charge in [0, 0.05) is 26.2 Å². The van der Waals surface area contributed by atoms with Crippen LogP contribution in [0, 0.1) is 11.3 Å². The fraction of sp³-hybridized carbons (Fsp3) is 1.00. The highest BCUT2D eigenvalue weighted by Gasteiger charge is 2.27. The highest BCUT2D eigenvalue weighted by atomic mass is 16.3. The van der Waals surface area contributed by atoms with E-state index < -0.39 is 0 Å². The molecule has 3 N–H and O–H groups in total. The van der Waals surface area contributed by atoms with Gasteiger partial charge in [-0.2, -0.15) is 0 Å². The van der Waals surface area contributed by atoms with Gasteiger partial charge < -0.3 is 10.8 Å². The molecule has 96 valence electrons. The molecule has 1 saturated carbocycles. The minimum absolute atomic E-state index is 0.248. The Hall–Kier alpha value is -0.120. The Labute approximate surface area is 100 Å². The number of hydrogen-bond donors (Lipinski definition) is 2. The molecule has 0 atom stereocenters. The summed E-state index contributed by atoms with van der Waals surface area (Å²) in [4.78, 5) is 2.31. The highest BCUT2D eigenvalue weighted by molar-refractivity contribution is 4.80. The van der Waals surface area contributed by atoms with Gasteiger partial charge in [0.25, 0.3) is 0 Å². The van der Waals surface area contributed by atoms with Crippen LogP contribution in [0.2, 0.25) is 0 Å². The minimum Gasteiger partial charge on any atom is -0.395 e. The maximum absolute atomic E-state index is 8.99. The van der Waals surface area contributed by atoms with E-state index in [1.165, 1.54) is 25.7 Å². The van der Waals surface area contributed by atoms with Crippen LogP contribution in [-0.2, 0) is 0 Å². The largest absolute Gasteiger partial charge is 0.395 e. The summed E-state index contributed by atoms with van der Waals surface area (Å²) in [6, 6.07) is 0. The molecule has 0 heterocycles. The Morgan fingerprint density at radius 1 is 1.25 bits per heavy atom. The molecule has 0 unspecified atom stereocenters. The third-order valence-electron chi connectivity index (χ3n) is 3.84.